The summed E-state index contributed by atoms with van der Waals surface area (Å²) in [6.07, 6.45) is 13.9. The van der Waals surface area contributed by atoms with Gasteiger partial charge in [-0.25, -0.2) is 9.50 Å². The summed E-state index contributed by atoms with van der Waals surface area (Å²) in [5.41, 5.74) is 3.12. The van der Waals surface area contributed by atoms with Gasteiger partial charge in [0, 0.05) is 50.7 Å². The minimum absolute atomic E-state index is 0.718. The maximum absolute atomic E-state index is 6.03. The molecular formula is C20H29N5O. The van der Waals surface area contributed by atoms with Gasteiger partial charge in [0.15, 0.2) is 5.65 Å². The molecule has 1 fully saturated rings. The van der Waals surface area contributed by atoms with E-state index in [0.29, 0.717) is 0 Å². The first kappa shape index (κ1) is 18.6. The normalized spacial score (nSPS) is 16.6. The number of aromatic nitrogens is 3. The van der Waals surface area contributed by atoms with E-state index in [0.717, 1.165) is 74.7 Å². The maximum Gasteiger partial charge on any atom is 0.157 e. The molecular weight excluding hydrogens is 326 g/mol. The first-order valence-corrected chi connectivity index (χ1v) is 9.47. The molecule has 0 atom stereocenters. The molecule has 1 aliphatic rings. The molecule has 0 saturated carbocycles. The van der Waals surface area contributed by atoms with Crippen molar-refractivity contribution < 1.29 is 4.74 Å². The Hall–Kier alpha value is -2.18. The van der Waals surface area contributed by atoms with Crippen LogP contribution in [-0.4, -0.2) is 58.8 Å². The lowest BCUT2D eigenvalue weighted by Gasteiger charge is -2.27. The van der Waals surface area contributed by atoms with Crippen LogP contribution < -0.4 is 5.32 Å². The molecule has 1 N–H and O–H groups in total. The largest absolute Gasteiger partial charge is 0.493 e. The molecule has 0 aromatic carbocycles. The van der Waals surface area contributed by atoms with Crippen molar-refractivity contribution in [3.8, 4) is 0 Å². The number of rotatable bonds is 8. The number of allylic oxidation sites excluding steroid dienone is 3. The fourth-order valence-electron chi connectivity index (χ4n) is 2.99. The fraction of sp³-hybridized carbons (Fsp3) is 0.500. The topological polar surface area (TPSA) is 54.7 Å². The predicted octanol–water partition coefficient (Wildman–Crippen LogP) is 2.35. The number of nitrogens with zero attached hydrogens (tertiary/aromatic N) is 4. The first-order valence-electron chi connectivity index (χ1n) is 9.47. The summed E-state index contributed by atoms with van der Waals surface area (Å²) in [4.78, 5) is 6.94. The second kappa shape index (κ2) is 9.50. The van der Waals surface area contributed by atoms with E-state index in [1.807, 2.05) is 30.0 Å². The number of ether oxygens (including phenoxy) is 1. The lowest BCUT2D eigenvalue weighted by molar-refractivity contribution is 0.153. The molecule has 1 aliphatic heterocycles. The lowest BCUT2D eigenvalue weighted by Crippen LogP contribution is -2.44. The van der Waals surface area contributed by atoms with Crippen LogP contribution in [0.15, 0.2) is 42.6 Å². The SMILES string of the molecule is CC/C=C\C(=C/Cc1cnc2c(C)cnn2c1)OCCN1CCNCC1. The molecule has 3 rings (SSSR count). The zero-order chi connectivity index (χ0) is 18.2. The number of piperazine rings is 1. The summed E-state index contributed by atoms with van der Waals surface area (Å²) in [6, 6.07) is 0. The van der Waals surface area contributed by atoms with E-state index in [-0.39, 0.29) is 0 Å². The van der Waals surface area contributed by atoms with Crippen LogP contribution in [0.3, 0.4) is 0 Å². The number of hydrogen-bond acceptors (Lipinski definition) is 5. The highest BCUT2D eigenvalue weighted by Crippen LogP contribution is 2.10. The highest BCUT2D eigenvalue weighted by atomic mass is 16.5. The Morgan fingerprint density at radius 3 is 2.96 bits per heavy atom. The van der Waals surface area contributed by atoms with Crippen LogP contribution in [0.4, 0.5) is 0 Å². The van der Waals surface area contributed by atoms with Crippen LogP contribution in [0, 0.1) is 6.92 Å². The zero-order valence-corrected chi connectivity index (χ0v) is 15.8. The highest BCUT2D eigenvalue weighted by molar-refractivity contribution is 5.45. The van der Waals surface area contributed by atoms with E-state index in [9.17, 15) is 0 Å². The third-order valence-corrected chi connectivity index (χ3v) is 4.53. The van der Waals surface area contributed by atoms with Crippen molar-refractivity contribution >= 4 is 5.65 Å². The minimum atomic E-state index is 0.718. The molecule has 6 heteroatoms. The summed E-state index contributed by atoms with van der Waals surface area (Å²) in [7, 11) is 0. The number of hydrogen-bond donors (Lipinski definition) is 1. The monoisotopic (exact) mass is 355 g/mol. The smallest absolute Gasteiger partial charge is 0.157 e. The van der Waals surface area contributed by atoms with E-state index in [2.05, 4.69) is 45.5 Å². The Kier molecular flexibility index (Phi) is 6.80. The molecule has 6 nitrogen and oxygen atoms in total. The molecule has 0 radical (unpaired) electrons. The van der Waals surface area contributed by atoms with Crippen molar-refractivity contribution in [2.24, 2.45) is 0 Å². The van der Waals surface area contributed by atoms with Gasteiger partial charge in [0.2, 0.25) is 0 Å². The van der Waals surface area contributed by atoms with Crippen LogP contribution in [-0.2, 0) is 11.2 Å². The van der Waals surface area contributed by atoms with E-state index >= 15 is 0 Å². The van der Waals surface area contributed by atoms with Gasteiger partial charge >= 0.3 is 0 Å². The number of nitrogens with one attached hydrogen (secondary N) is 1. The van der Waals surface area contributed by atoms with Gasteiger partial charge in [-0.15, -0.1) is 0 Å². The van der Waals surface area contributed by atoms with E-state index in [1.54, 1.807) is 0 Å². The fourth-order valence-corrected chi connectivity index (χ4v) is 2.99. The minimum Gasteiger partial charge on any atom is -0.493 e. The highest BCUT2D eigenvalue weighted by Gasteiger charge is 2.09. The van der Waals surface area contributed by atoms with Crippen molar-refractivity contribution in [3.63, 3.8) is 0 Å². The van der Waals surface area contributed by atoms with Gasteiger partial charge in [-0.2, -0.15) is 5.10 Å². The zero-order valence-electron chi connectivity index (χ0n) is 15.8. The van der Waals surface area contributed by atoms with Gasteiger partial charge in [0.25, 0.3) is 0 Å². The van der Waals surface area contributed by atoms with Crippen LogP contribution in [0.25, 0.3) is 5.65 Å². The molecule has 0 spiro atoms. The van der Waals surface area contributed by atoms with Crippen molar-refractivity contribution in [1.29, 1.82) is 0 Å². The van der Waals surface area contributed by atoms with Crippen molar-refractivity contribution in [2.45, 2.75) is 26.7 Å². The molecule has 0 amide bonds. The van der Waals surface area contributed by atoms with Gasteiger partial charge < -0.3 is 10.1 Å². The van der Waals surface area contributed by atoms with Gasteiger partial charge in [-0.3, -0.25) is 4.90 Å². The molecule has 2 aromatic heterocycles. The molecule has 3 heterocycles. The van der Waals surface area contributed by atoms with Crippen LogP contribution in [0.1, 0.15) is 24.5 Å². The second-order valence-corrected chi connectivity index (χ2v) is 6.62. The Morgan fingerprint density at radius 1 is 1.31 bits per heavy atom. The summed E-state index contributed by atoms with van der Waals surface area (Å²) >= 11 is 0. The second-order valence-electron chi connectivity index (χ2n) is 6.62. The molecule has 0 unspecified atom stereocenters. The third-order valence-electron chi connectivity index (χ3n) is 4.53. The van der Waals surface area contributed by atoms with Crippen LogP contribution >= 0.6 is 0 Å². The van der Waals surface area contributed by atoms with Gasteiger partial charge in [0.1, 0.15) is 12.4 Å². The summed E-state index contributed by atoms with van der Waals surface area (Å²) in [6.45, 7) is 10.2. The molecule has 140 valence electrons. The predicted molar refractivity (Wildman–Crippen MR) is 104 cm³/mol. The molecule has 0 bridgehead atoms. The van der Waals surface area contributed by atoms with Crippen molar-refractivity contribution in [2.75, 3.05) is 39.3 Å². The summed E-state index contributed by atoms with van der Waals surface area (Å²) in [5, 5.41) is 7.71. The van der Waals surface area contributed by atoms with Crippen LogP contribution in [0.2, 0.25) is 0 Å². The average Bonchev–Trinajstić information content (AvgIpc) is 3.04. The third kappa shape index (κ3) is 5.16. The van der Waals surface area contributed by atoms with Gasteiger partial charge in [0.05, 0.1) is 6.20 Å². The van der Waals surface area contributed by atoms with E-state index in [1.165, 1.54) is 0 Å². The maximum atomic E-state index is 6.03. The van der Waals surface area contributed by atoms with Crippen molar-refractivity contribution in [3.05, 3.63) is 53.7 Å². The van der Waals surface area contributed by atoms with Gasteiger partial charge in [-0.1, -0.05) is 13.0 Å². The first-order chi connectivity index (χ1) is 12.8. The Morgan fingerprint density at radius 2 is 2.15 bits per heavy atom. The Balaban J connectivity index is 1.58. The summed E-state index contributed by atoms with van der Waals surface area (Å²) < 4.78 is 7.87. The average molecular weight is 355 g/mol. The number of fused-ring (bicyclic) bond motifs is 1. The molecule has 0 aliphatic carbocycles. The quantitative estimate of drug-likeness (QED) is 0.582. The van der Waals surface area contributed by atoms with Crippen LogP contribution in [0.5, 0.6) is 0 Å². The standard InChI is InChI=1S/C20H29N5O/c1-3-4-5-19(26-13-12-24-10-8-21-9-11-24)7-6-18-15-22-20-17(2)14-23-25(20)16-18/h4-5,7,14-16,21H,3,6,8-13H2,1-2H3/b5-4-,19-7+. The van der Waals surface area contributed by atoms with Crippen molar-refractivity contribution in [1.82, 2.24) is 24.8 Å². The van der Waals surface area contributed by atoms with E-state index in [4.69, 9.17) is 4.74 Å². The summed E-state index contributed by atoms with van der Waals surface area (Å²) in [5.74, 6) is 0.929. The molecule has 2 aromatic rings. The Labute approximate surface area is 155 Å². The van der Waals surface area contributed by atoms with E-state index < -0.39 is 0 Å². The Bertz CT molecular complexity index is 759. The molecule has 26 heavy (non-hydrogen) atoms. The van der Waals surface area contributed by atoms with Gasteiger partial charge in [-0.05, 0) is 37.5 Å². The molecule has 1 saturated heterocycles. The lowest BCUT2D eigenvalue weighted by atomic mass is 10.2. The number of aryl methyl sites for hydroxylation is 1.